The first kappa shape index (κ1) is 17.8. The zero-order chi connectivity index (χ0) is 18.6. The van der Waals surface area contributed by atoms with Crippen molar-refractivity contribution in [2.45, 2.75) is 19.8 Å². The SMILES string of the molecule is CC1CCN(C(=O)c2cncc(N3CCN(c4ccccn4)CC3)c2)CC1. The zero-order valence-electron chi connectivity index (χ0n) is 15.9. The van der Waals surface area contributed by atoms with E-state index in [0.29, 0.717) is 11.5 Å². The number of rotatable bonds is 3. The van der Waals surface area contributed by atoms with Gasteiger partial charge in [0.25, 0.3) is 5.91 Å². The molecule has 0 saturated carbocycles. The fourth-order valence-electron chi connectivity index (χ4n) is 3.85. The molecule has 0 spiro atoms. The molecule has 1 amide bonds. The molecule has 0 aliphatic carbocycles. The third kappa shape index (κ3) is 4.04. The number of likely N-dealkylation sites (tertiary alicyclic amines) is 1. The lowest BCUT2D eigenvalue weighted by atomic mass is 9.99. The smallest absolute Gasteiger partial charge is 0.255 e. The molecule has 2 fully saturated rings. The Morgan fingerprint density at radius 3 is 2.44 bits per heavy atom. The Hall–Kier alpha value is -2.63. The number of aromatic nitrogens is 2. The molecule has 0 unspecified atom stereocenters. The van der Waals surface area contributed by atoms with Crippen LogP contribution in [0.15, 0.2) is 42.9 Å². The van der Waals surface area contributed by atoms with Crippen LogP contribution in [-0.2, 0) is 0 Å². The number of carbonyl (C=O) groups excluding carboxylic acids is 1. The standard InChI is InChI=1S/C21H27N5O/c1-17-5-8-26(9-6-17)21(27)18-14-19(16-22-15-18)24-10-12-25(13-11-24)20-4-2-3-7-23-20/h2-4,7,14-17H,5-6,8-13H2,1H3. The van der Waals surface area contributed by atoms with Gasteiger partial charge in [-0.25, -0.2) is 4.98 Å². The lowest BCUT2D eigenvalue weighted by Crippen LogP contribution is -2.47. The highest BCUT2D eigenvalue weighted by Gasteiger charge is 2.23. The van der Waals surface area contributed by atoms with E-state index in [1.165, 1.54) is 0 Å². The van der Waals surface area contributed by atoms with Crippen LogP contribution in [0.4, 0.5) is 11.5 Å². The fraction of sp³-hybridized carbons (Fsp3) is 0.476. The van der Waals surface area contributed by atoms with Crippen molar-refractivity contribution < 1.29 is 4.79 Å². The molecule has 4 heterocycles. The average Bonchev–Trinajstić information content (AvgIpc) is 2.75. The summed E-state index contributed by atoms with van der Waals surface area (Å²) in [7, 11) is 0. The van der Waals surface area contributed by atoms with E-state index >= 15 is 0 Å². The summed E-state index contributed by atoms with van der Waals surface area (Å²) in [4.78, 5) is 28.2. The number of carbonyl (C=O) groups is 1. The highest BCUT2D eigenvalue weighted by Crippen LogP contribution is 2.22. The number of piperidine rings is 1. The molecule has 6 nitrogen and oxygen atoms in total. The van der Waals surface area contributed by atoms with Crippen LogP contribution in [0, 0.1) is 5.92 Å². The van der Waals surface area contributed by atoms with Crippen molar-refractivity contribution in [1.82, 2.24) is 14.9 Å². The maximum atomic E-state index is 12.8. The van der Waals surface area contributed by atoms with E-state index in [9.17, 15) is 4.79 Å². The van der Waals surface area contributed by atoms with Crippen molar-refractivity contribution >= 4 is 17.4 Å². The van der Waals surface area contributed by atoms with E-state index in [0.717, 1.165) is 63.6 Å². The zero-order valence-corrected chi connectivity index (χ0v) is 15.9. The first-order valence-electron chi connectivity index (χ1n) is 9.86. The Balaban J connectivity index is 1.40. The third-order valence-corrected chi connectivity index (χ3v) is 5.66. The lowest BCUT2D eigenvalue weighted by Gasteiger charge is -2.36. The molecule has 2 saturated heterocycles. The van der Waals surface area contributed by atoms with Crippen molar-refractivity contribution in [2.75, 3.05) is 49.1 Å². The maximum absolute atomic E-state index is 12.8. The maximum Gasteiger partial charge on any atom is 0.255 e. The quantitative estimate of drug-likeness (QED) is 0.837. The number of amides is 1. The van der Waals surface area contributed by atoms with E-state index in [-0.39, 0.29) is 5.91 Å². The molecule has 2 aliphatic heterocycles. The summed E-state index contributed by atoms with van der Waals surface area (Å²) in [5, 5.41) is 0. The second-order valence-electron chi connectivity index (χ2n) is 7.57. The molecule has 2 aliphatic rings. The second kappa shape index (κ2) is 7.94. The number of hydrogen-bond donors (Lipinski definition) is 0. The fourth-order valence-corrected chi connectivity index (χ4v) is 3.85. The molecule has 0 aromatic carbocycles. The molecular weight excluding hydrogens is 338 g/mol. The van der Waals surface area contributed by atoms with Gasteiger partial charge in [-0.15, -0.1) is 0 Å². The van der Waals surface area contributed by atoms with Gasteiger partial charge in [-0.05, 0) is 37.0 Å². The molecule has 0 bridgehead atoms. The van der Waals surface area contributed by atoms with Crippen LogP contribution in [0.1, 0.15) is 30.1 Å². The van der Waals surface area contributed by atoms with E-state index in [1.807, 2.05) is 35.5 Å². The van der Waals surface area contributed by atoms with Gasteiger partial charge >= 0.3 is 0 Å². The van der Waals surface area contributed by atoms with Crippen molar-refractivity contribution in [3.63, 3.8) is 0 Å². The Morgan fingerprint density at radius 2 is 1.74 bits per heavy atom. The van der Waals surface area contributed by atoms with Crippen LogP contribution in [-0.4, -0.2) is 60.0 Å². The number of hydrogen-bond acceptors (Lipinski definition) is 5. The number of piperazine rings is 1. The summed E-state index contributed by atoms with van der Waals surface area (Å²) in [6.07, 6.45) is 7.59. The molecule has 0 atom stereocenters. The number of nitrogens with zero attached hydrogens (tertiary/aromatic N) is 5. The Kier molecular flexibility index (Phi) is 5.23. The van der Waals surface area contributed by atoms with E-state index in [2.05, 4.69) is 32.8 Å². The van der Waals surface area contributed by atoms with Crippen LogP contribution in [0.3, 0.4) is 0 Å². The van der Waals surface area contributed by atoms with Gasteiger partial charge in [0, 0.05) is 51.7 Å². The van der Waals surface area contributed by atoms with E-state index < -0.39 is 0 Å². The summed E-state index contributed by atoms with van der Waals surface area (Å²) in [5.41, 5.74) is 1.74. The Labute approximate surface area is 160 Å². The molecule has 0 N–H and O–H groups in total. The summed E-state index contributed by atoms with van der Waals surface area (Å²) >= 11 is 0. The van der Waals surface area contributed by atoms with Gasteiger partial charge in [0.15, 0.2) is 0 Å². The van der Waals surface area contributed by atoms with Crippen LogP contribution < -0.4 is 9.80 Å². The molecule has 0 radical (unpaired) electrons. The molecule has 4 rings (SSSR count). The average molecular weight is 365 g/mol. The summed E-state index contributed by atoms with van der Waals surface area (Å²) in [6.45, 7) is 7.60. The predicted octanol–water partition coefficient (Wildman–Crippen LogP) is 2.68. The van der Waals surface area contributed by atoms with Crippen LogP contribution in [0.25, 0.3) is 0 Å². The van der Waals surface area contributed by atoms with Crippen LogP contribution >= 0.6 is 0 Å². The van der Waals surface area contributed by atoms with E-state index in [4.69, 9.17) is 0 Å². The topological polar surface area (TPSA) is 52.6 Å². The van der Waals surface area contributed by atoms with Crippen molar-refractivity contribution in [2.24, 2.45) is 5.92 Å². The predicted molar refractivity (Wildman–Crippen MR) is 107 cm³/mol. The number of anilines is 2. The van der Waals surface area contributed by atoms with Gasteiger partial charge in [-0.1, -0.05) is 13.0 Å². The first-order chi connectivity index (χ1) is 13.2. The van der Waals surface area contributed by atoms with Gasteiger partial charge in [0.2, 0.25) is 0 Å². The van der Waals surface area contributed by atoms with Gasteiger partial charge in [0.05, 0.1) is 17.4 Å². The minimum Gasteiger partial charge on any atom is -0.367 e. The van der Waals surface area contributed by atoms with Crippen molar-refractivity contribution in [3.8, 4) is 0 Å². The Bertz CT molecular complexity index is 765. The van der Waals surface area contributed by atoms with Crippen molar-refractivity contribution in [1.29, 1.82) is 0 Å². The summed E-state index contributed by atoms with van der Waals surface area (Å²) in [5.74, 6) is 1.86. The van der Waals surface area contributed by atoms with Crippen LogP contribution in [0.2, 0.25) is 0 Å². The van der Waals surface area contributed by atoms with Crippen LogP contribution in [0.5, 0.6) is 0 Å². The second-order valence-corrected chi connectivity index (χ2v) is 7.57. The lowest BCUT2D eigenvalue weighted by molar-refractivity contribution is 0.0697. The highest BCUT2D eigenvalue weighted by atomic mass is 16.2. The van der Waals surface area contributed by atoms with Gasteiger partial charge in [0.1, 0.15) is 5.82 Å². The summed E-state index contributed by atoms with van der Waals surface area (Å²) < 4.78 is 0. The number of pyridine rings is 2. The van der Waals surface area contributed by atoms with Gasteiger partial charge < -0.3 is 14.7 Å². The molecule has 27 heavy (non-hydrogen) atoms. The van der Waals surface area contributed by atoms with Gasteiger partial charge in [-0.2, -0.15) is 0 Å². The van der Waals surface area contributed by atoms with Crippen molar-refractivity contribution in [3.05, 3.63) is 48.4 Å². The third-order valence-electron chi connectivity index (χ3n) is 5.66. The molecule has 142 valence electrons. The molecular formula is C21H27N5O. The summed E-state index contributed by atoms with van der Waals surface area (Å²) in [6, 6.07) is 8.02. The monoisotopic (exact) mass is 365 g/mol. The largest absolute Gasteiger partial charge is 0.367 e. The minimum atomic E-state index is 0.114. The molecule has 6 heteroatoms. The Morgan fingerprint density at radius 1 is 1.00 bits per heavy atom. The first-order valence-corrected chi connectivity index (χ1v) is 9.86. The van der Waals surface area contributed by atoms with E-state index in [1.54, 1.807) is 6.20 Å². The molecule has 2 aromatic rings. The highest BCUT2D eigenvalue weighted by molar-refractivity contribution is 5.94. The van der Waals surface area contributed by atoms with Gasteiger partial charge in [-0.3, -0.25) is 9.78 Å². The normalized spacial score (nSPS) is 18.6. The molecule has 2 aromatic heterocycles. The minimum absolute atomic E-state index is 0.114.